The Kier molecular flexibility index (Phi) is 4.51. The molecule has 134 valence electrons. The van der Waals surface area contributed by atoms with E-state index in [9.17, 15) is 4.79 Å². The highest BCUT2D eigenvalue weighted by Gasteiger charge is 2.27. The number of imidazole rings is 1. The van der Waals surface area contributed by atoms with Crippen molar-refractivity contribution in [3.63, 3.8) is 0 Å². The van der Waals surface area contributed by atoms with Gasteiger partial charge in [0.2, 0.25) is 0 Å². The van der Waals surface area contributed by atoms with Gasteiger partial charge in [-0.25, -0.2) is 4.98 Å². The van der Waals surface area contributed by atoms with E-state index < -0.39 is 0 Å². The molecule has 0 saturated carbocycles. The molecule has 3 aromatic rings. The maximum Gasteiger partial charge on any atom is 0.261 e. The average molecular weight is 366 g/mol. The summed E-state index contributed by atoms with van der Waals surface area (Å²) in [5, 5.41) is 5.13. The number of carbonyl (C=O) groups excluding carboxylic acids is 1. The Bertz CT molecular complexity index is 897. The lowest BCUT2D eigenvalue weighted by molar-refractivity contribution is 0.0933. The summed E-state index contributed by atoms with van der Waals surface area (Å²) in [7, 11) is 4.06. The van der Waals surface area contributed by atoms with E-state index in [-0.39, 0.29) is 11.9 Å². The summed E-state index contributed by atoms with van der Waals surface area (Å²) in [6.07, 6.45) is 3.87. The molecule has 1 aromatic carbocycles. The minimum atomic E-state index is -0.00984. The molecule has 1 N–H and O–H groups in total. The molecule has 0 spiro atoms. The largest absolute Gasteiger partial charge is 0.378 e. The molecule has 0 saturated heterocycles. The van der Waals surface area contributed by atoms with E-state index in [0.29, 0.717) is 0 Å². The Hall–Kier alpha value is -2.60. The quantitative estimate of drug-likeness (QED) is 0.761. The highest BCUT2D eigenvalue weighted by molar-refractivity contribution is 7.12. The number of nitrogens with one attached hydrogen (secondary N) is 1. The number of nitrogens with zero attached hydrogens (tertiary/aromatic N) is 3. The molecule has 3 heterocycles. The maximum absolute atomic E-state index is 12.5. The molecule has 1 amide bonds. The van der Waals surface area contributed by atoms with Gasteiger partial charge in [-0.2, -0.15) is 0 Å². The average Bonchev–Trinajstić information content (AvgIpc) is 3.32. The second kappa shape index (κ2) is 6.96. The summed E-state index contributed by atoms with van der Waals surface area (Å²) in [6, 6.07) is 12.2. The molecule has 4 rings (SSSR count). The van der Waals surface area contributed by atoms with Crippen molar-refractivity contribution in [2.24, 2.45) is 0 Å². The number of thiophene rings is 1. The zero-order valence-corrected chi connectivity index (χ0v) is 15.8. The van der Waals surface area contributed by atoms with Crippen molar-refractivity contribution >= 4 is 22.9 Å². The molecular formula is C20H22N4OS. The fraction of sp³-hybridized carbons (Fsp3) is 0.300. The van der Waals surface area contributed by atoms with E-state index in [4.69, 9.17) is 0 Å². The van der Waals surface area contributed by atoms with Gasteiger partial charge in [0.15, 0.2) is 0 Å². The first-order valence-electron chi connectivity index (χ1n) is 8.80. The number of hydrogen-bond donors (Lipinski definition) is 1. The normalized spacial score (nSPS) is 16.2. The third-order valence-electron chi connectivity index (χ3n) is 4.81. The van der Waals surface area contributed by atoms with Crippen LogP contribution in [-0.4, -0.2) is 29.6 Å². The highest BCUT2D eigenvalue weighted by atomic mass is 32.1. The topological polar surface area (TPSA) is 50.2 Å². The number of benzene rings is 1. The standard InChI is InChI=1S/C20H22N4OS/c1-23(2)15-9-7-14(8-10-15)18-19-16(5-3-11-24(19)13-21-18)22-20(25)17-6-4-12-26-17/h4,6-10,12-13,16H,3,5,11H2,1-2H3,(H,22,25). The van der Waals surface area contributed by atoms with Crippen molar-refractivity contribution < 1.29 is 4.79 Å². The van der Waals surface area contributed by atoms with Crippen LogP contribution in [0.5, 0.6) is 0 Å². The lowest BCUT2D eigenvalue weighted by Crippen LogP contribution is -2.32. The second-order valence-electron chi connectivity index (χ2n) is 6.76. The molecule has 26 heavy (non-hydrogen) atoms. The van der Waals surface area contributed by atoms with Crippen LogP contribution >= 0.6 is 11.3 Å². The number of aromatic nitrogens is 2. The predicted molar refractivity (Wildman–Crippen MR) is 106 cm³/mol. The lowest BCUT2D eigenvalue weighted by Gasteiger charge is -2.26. The van der Waals surface area contributed by atoms with E-state index in [1.807, 2.05) is 37.9 Å². The molecule has 0 aliphatic carbocycles. The maximum atomic E-state index is 12.5. The van der Waals surface area contributed by atoms with Gasteiger partial charge in [-0.1, -0.05) is 18.2 Å². The lowest BCUT2D eigenvalue weighted by atomic mass is 9.98. The summed E-state index contributed by atoms with van der Waals surface area (Å²) >= 11 is 1.47. The van der Waals surface area contributed by atoms with Crippen LogP contribution in [0.15, 0.2) is 48.1 Å². The molecular weight excluding hydrogens is 344 g/mol. The van der Waals surface area contributed by atoms with Crippen LogP contribution in [0, 0.1) is 0 Å². The molecule has 6 heteroatoms. The van der Waals surface area contributed by atoms with Gasteiger partial charge in [-0.05, 0) is 36.4 Å². The summed E-state index contributed by atoms with van der Waals surface area (Å²) < 4.78 is 2.18. The van der Waals surface area contributed by atoms with Crippen LogP contribution in [0.2, 0.25) is 0 Å². The smallest absolute Gasteiger partial charge is 0.261 e. The van der Waals surface area contributed by atoms with Crippen molar-refractivity contribution in [1.82, 2.24) is 14.9 Å². The first kappa shape index (κ1) is 16.8. The van der Waals surface area contributed by atoms with Crippen LogP contribution in [0.25, 0.3) is 11.3 Å². The van der Waals surface area contributed by atoms with Crippen LogP contribution in [-0.2, 0) is 6.54 Å². The Morgan fingerprint density at radius 3 is 2.77 bits per heavy atom. The summed E-state index contributed by atoms with van der Waals surface area (Å²) in [6.45, 7) is 0.948. The van der Waals surface area contributed by atoms with Gasteiger partial charge in [0.1, 0.15) is 0 Å². The first-order chi connectivity index (χ1) is 12.6. The van der Waals surface area contributed by atoms with Crippen molar-refractivity contribution in [3.8, 4) is 11.3 Å². The van der Waals surface area contributed by atoms with E-state index in [2.05, 4.69) is 44.0 Å². The molecule has 2 aromatic heterocycles. The number of hydrogen-bond acceptors (Lipinski definition) is 4. The van der Waals surface area contributed by atoms with Crippen molar-refractivity contribution in [1.29, 1.82) is 0 Å². The van der Waals surface area contributed by atoms with E-state index in [1.165, 1.54) is 11.3 Å². The van der Waals surface area contributed by atoms with E-state index >= 15 is 0 Å². The van der Waals surface area contributed by atoms with Gasteiger partial charge in [0.05, 0.1) is 28.6 Å². The number of fused-ring (bicyclic) bond motifs is 1. The minimum absolute atomic E-state index is 0.00597. The number of anilines is 1. The second-order valence-corrected chi connectivity index (χ2v) is 7.71. The third-order valence-corrected chi connectivity index (χ3v) is 5.68. The molecule has 0 bridgehead atoms. The summed E-state index contributed by atoms with van der Waals surface area (Å²) in [4.78, 5) is 20.0. The number of carbonyl (C=O) groups is 1. The van der Waals surface area contributed by atoms with Gasteiger partial charge >= 0.3 is 0 Å². The number of amides is 1. The predicted octanol–water partition coefficient (Wildman–Crippen LogP) is 3.94. The van der Waals surface area contributed by atoms with Crippen LogP contribution in [0.4, 0.5) is 5.69 Å². The molecule has 1 atom stereocenters. The Morgan fingerprint density at radius 2 is 2.08 bits per heavy atom. The summed E-state index contributed by atoms with van der Waals surface area (Å²) in [5.74, 6) is -0.00597. The van der Waals surface area contributed by atoms with Crippen molar-refractivity contribution in [2.45, 2.75) is 25.4 Å². The molecule has 1 aliphatic rings. The van der Waals surface area contributed by atoms with Gasteiger partial charge in [0, 0.05) is 31.9 Å². The van der Waals surface area contributed by atoms with Crippen molar-refractivity contribution in [3.05, 3.63) is 58.7 Å². The molecule has 0 fully saturated rings. The zero-order valence-electron chi connectivity index (χ0n) is 15.0. The third kappa shape index (κ3) is 3.12. The molecule has 5 nitrogen and oxygen atoms in total. The van der Waals surface area contributed by atoms with Gasteiger partial charge in [-0.15, -0.1) is 11.3 Å². The van der Waals surface area contributed by atoms with Crippen LogP contribution in [0.1, 0.15) is 34.2 Å². The Balaban J connectivity index is 1.65. The number of aryl methyl sites for hydroxylation is 1. The van der Waals surface area contributed by atoms with Crippen LogP contribution < -0.4 is 10.2 Å². The molecule has 1 aliphatic heterocycles. The molecule has 0 radical (unpaired) electrons. The number of rotatable bonds is 4. The van der Waals surface area contributed by atoms with Gasteiger partial charge in [-0.3, -0.25) is 4.79 Å². The van der Waals surface area contributed by atoms with Gasteiger partial charge < -0.3 is 14.8 Å². The zero-order chi connectivity index (χ0) is 18.1. The fourth-order valence-electron chi connectivity index (χ4n) is 3.46. The molecule has 1 unspecified atom stereocenters. The summed E-state index contributed by atoms with van der Waals surface area (Å²) in [5.41, 5.74) is 4.32. The Morgan fingerprint density at radius 1 is 1.27 bits per heavy atom. The van der Waals surface area contributed by atoms with Crippen LogP contribution in [0.3, 0.4) is 0 Å². The SMILES string of the molecule is CN(C)c1ccc(-c2ncn3c2C(NC(=O)c2cccs2)CCC3)cc1. The van der Waals surface area contributed by atoms with E-state index in [1.54, 1.807) is 0 Å². The highest BCUT2D eigenvalue weighted by Crippen LogP contribution is 2.34. The monoisotopic (exact) mass is 366 g/mol. The van der Waals surface area contributed by atoms with Crippen molar-refractivity contribution in [2.75, 3.05) is 19.0 Å². The first-order valence-corrected chi connectivity index (χ1v) is 9.68. The Labute approximate surface area is 157 Å². The van der Waals surface area contributed by atoms with Gasteiger partial charge in [0.25, 0.3) is 5.91 Å². The minimum Gasteiger partial charge on any atom is -0.378 e. The fourth-order valence-corrected chi connectivity index (χ4v) is 4.08. The van der Waals surface area contributed by atoms with E-state index in [0.717, 1.165) is 46.9 Å².